The Hall–Kier alpha value is -0.153. The smallest absolute Gasteiger partial charge is 0.192 e. The molecular formula is C15H32O2Si. The van der Waals surface area contributed by atoms with Crippen LogP contribution in [-0.4, -0.2) is 20.7 Å². The fourth-order valence-electron chi connectivity index (χ4n) is 1.72. The lowest BCUT2D eigenvalue weighted by Gasteiger charge is -2.39. The number of carbonyl (C=O) groups is 1. The Balaban J connectivity index is 4.07. The molecule has 0 aromatic rings. The minimum atomic E-state index is -1.62. The van der Waals surface area contributed by atoms with Gasteiger partial charge in [0.05, 0.1) is 0 Å². The minimum absolute atomic E-state index is 0.290. The van der Waals surface area contributed by atoms with Gasteiger partial charge in [-0.2, -0.15) is 0 Å². The van der Waals surface area contributed by atoms with Gasteiger partial charge in [-0.05, 0) is 37.4 Å². The van der Waals surface area contributed by atoms with Crippen molar-refractivity contribution in [1.29, 1.82) is 0 Å². The van der Waals surface area contributed by atoms with Gasteiger partial charge in [0.2, 0.25) is 0 Å². The van der Waals surface area contributed by atoms with E-state index in [1.165, 1.54) is 6.42 Å². The predicted molar refractivity (Wildman–Crippen MR) is 81.5 cm³/mol. The maximum absolute atomic E-state index is 10.2. The molecule has 0 spiro atoms. The molecule has 0 N–H and O–H groups in total. The van der Waals surface area contributed by atoms with Crippen LogP contribution < -0.4 is 0 Å². The van der Waals surface area contributed by atoms with Gasteiger partial charge in [-0.1, -0.05) is 40.5 Å². The minimum Gasteiger partial charge on any atom is -0.414 e. The lowest BCUT2D eigenvalue weighted by atomic mass is 10.1. The number of aldehydes is 1. The van der Waals surface area contributed by atoms with Crippen molar-refractivity contribution in [2.24, 2.45) is 0 Å². The highest BCUT2D eigenvalue weighted by Crippen LogP contribution is 2.38. The quantitative estimate of drug-likeness (QED) is 0.338. The van der Waals surface area contributed by atoms with Crippen molar-refractivity contribution in [1.82, 2.24) is 0 Å². The molecule has 0 radical (unpaired) electrons. The fourth-order valence-corrected chi connectivity index (χ4v) is 3.19. The van der Waals surface area contributed by atoms with Gasteiger partial charge in [0, 0.05) is 12.5 Å². The molecule has 0 aromatic carbocycles. The van der Waals surface area contributed by atoms with Crippen LogP contribution >= 0.6 is 0 Å². The summed E-state index contributed by atoms with van der Waals surface area (Å²) in [4.78, 5) is 10.2. The van der Waals surface area contributed by atoms with Crippen molar-refractivity contribution in [2.45, 2.75) is 90.5 Å². The summed E-state index contributed by atoms with van der Waals surface area (Å²) in [5, 5.41) is 0.290. The zero-order valence-corrected chi connectivity index (χ0v) is 14.2. The Morgan fingerprint density at radius 1 is 1.17 bits per heavy atom. The summed E-state index contributed by atoms with van der Waals surface area (Å²) in [5.41, 5.74) is 0. The highest BCUT2D eigenvalue weighted by atomic mass is 28.4. The molecule has 0 heterocycles. The van der Waals surface area contributed by atoms with Crippen LogP contribution in [0.5, 0.6) is 0 Å². The SMILES string of the molecule is CCC(CCCCCC=O)O[Si](C)(C)C(C)(C)C. The molecule has 0 aliphatic carbocycles. The lowest BCUT2D eigenvalue weighted by Crippen LogP contribution is -2.43. The highest BCUT2D eigenvalue weighted by Gasteiger charge is 2.38. The highest BCUT2D eigenvalue weighted by molar-refractivity contribution is 6.74. The third-order valence-corrected chi connectivity index (χ3v) is 8.61. The molecular weight excluding hydrogens is 240 g/mol. The average molecular weight is 273 g/mol. The summed E-state index contributed by atoms with van der Waals surface area (Å²) in [6, 6.07) is 0. The molecule has 0 rings (SSSR count). The Morgan fingerprint density at radius 3 is 2.22 bits per heavy atom. The molecule has 0 amide bonds. The lowest BCUT2D eigenvalue weighted by molar-refractivity contribution is -0.107. The molecule has 18 heavy (non-hydrogen) atoms. The first-order chi connectivity index (χ1) is 8.24. The van der Waals surface area contributed by atoms with E-state index in [2.05, 4.69) is 40.8 Å². The zero-order valence-electron chi connectivity index (χ0n) is 13.2. The van der Waals surface area contributed by atoms with E-state index in [0.717, 1.165) is 32.0 Å². The van der Waals surface area contributed by atoms with Crippen LogP contribution in [0, 0.1) is 0 Å². The molecule has 0 fully saturated rings. The van der Waals surface area contributed by atoms with Crippen molar-refractivity contribution in [3.8, 4) is 0 Å². The third kappa shape index (κ3) is 6.69. The van der Waals surface area contributed by atoms with E-state index in [1.807, 2.05) is 0 Å². The van der Waals surface area contributed by atoms with Gasteiger partial charge in [0.25, 0.3) is 0 Å². The first-order valence-electron chi connectivity index (χ1n) is 7.36. The van der Waals surface area contributed by atoms with Crippen molar-refractivity contribution in [2.75, 3.05) is 0 Å². The molecule has 108 valence electrons. The standard InChI is InChI=1S/C15H32O2Si/c1-7-14(12-10-8-9-11-13-16)17-18(5,6)15(2,3)4/h13-14H,7-12H2,1-6H3. The van der Waals surface area contributed by atoms with Crippen LogP contribution in [0.15, 0.2) is 0 Å². The second kappa shape index (κ2) is 8.11. The first-order valence-corrected chi connectivity index (χ1v) is 10.3. The van der Waals surface area contributed by atoms with Crippen LogP contribution in [0.4, 0.5) is 0 Å². The van der Waals surface area contributed by atoms with Gasteiger partial charge in [0.1, 0.15) is 6.29 Å². The van der Waals surface area contributed by atoms with Crippen LogP contribution in [0.1, 0.15) is 66.2 Å². The van der Waals surface area contributed by atoms with Gasteiger partial charge in [-0.25, -0.2) is 0 Å². The Labute approximate surface area is 115 Å². The summed E-state index contributed by atoms with van der Waals surface area (Å²) < 4.78 is 6.43. The van der Waals surface area contributed by atoms with Gasteiger partial charge < -0.3 is 9.22 Å². The summed E-state index contributed by atoms with van der Waals surface area (Å²) in [6.45, 7) is 13.7. The van der Waals surface area contributed by atoms with Crippen molar-refractivity contribution in [3.05, 3.63) is 0 Å². The first kappa shape index (κ1) is 17.8. The van der Waals surface area contributed by atoms with Crippen LogP contribution in [-0.2, 0) is 9.22 Å². The summed E-state index contributed by atoms with van der Waals surface area (Å²) in [6.07, 6.45) is 7.73. The molecule has 0 saturated carbocycles. The fraction of sp³-hybridized carbons (Fsp3) is 0.933. The van der Waals surface area contributed by atoms with E-state index in [4.69, 9.17) is 4.43 Å². The second-order valence-electron chi connectivity index (χ2n) is 6.71. The summed E-state index contributed by atoms with van der Waals surface area (Å²) in [7, 11) is -1.62. The predicted octanol–water partition coefficient (Wildman–Crippen LogP) is 4.94. The molecule has 0 aliphatic heterocycles. The Kier molecular flexibility index (Phi) is 8.04. The maximum atomic E-state index is 10.2. The zero-order chi connectivity index (χ0) is 14.2. The number of hydrogen-bond acceptors (Lipinski definition) is 2. The van der Waals surface area contributed by atoms with Crippen molar-refractivity contribution in [3.63, 3.8) is 0 Å². The summed E-state index contributed by atoms with van der Waals surface area (Å²) in [5.74, 6) is 0. The summed E-state index contributed by atoms with van der Waals surface area (Å²) >= 11 is 0. The van der Waals surface area contributed by atoms with E-state index in [0.29, 0.717) is 12.5 Å². The van der Waals surface area contributed by atoms with Gasteiger partial charge in [-0.3, -0.25) is 0 Å². The van der Waals surface area contributed by atoms with Crippen molar-refractivity contribution >= 4 is 14.6 Å². The number of unbranched alkanes of at least 4 members (excludes halogenated alkanes) is 3. The number of hydrogen-bond donors (Lipinski definition) is 0. The van der Waals surface area contributed by atoms with Crippen LogP contribution in [0.25, 0.3) is 0 Å². The maximum Gasteiger partial charge on any atom is 0.192 e. The molecule has 0 aromatic heterocycles. The van der Waals surface area contributed by atoms with E-state index < -0.39 is 8.32 Å². The molecule has 0 saturated heterocycles. The number of carbonyl (C=O) groups excluding carboxylic acids is 1. The van der Waals surface area contributed by atoms with E-state index in [-0.39, 0.29) is 5.04 Å². The van der Waals surface area contributed by atoms with Crippen LogP contribution in [0.2, 0.25) is 18.1 Å². The second-order valence-corrected chi connectivity index (χ2v) is 11.5. The van der Waals surface area contributed by atoms with Crippen molar-refractivity contribution < 1.29 is 9.22 Å². The average Bonchev–Trinajstić information content (AvgIpc) is 2.25. The third-order valence-electron chi connectivity index (χ3n) is 4.07. The van der Waals surface area contributed by atoms with Gasteiger partial charge >= 0.3 is 0 Å². The molecule has 1 unspecified atom stereocenters. The molecule has 0 aliphatic rings. The van der Waals surface area contributed by atoms with E-state index in [1.54, 1.807) is 0 Å². The number of rotatable bonds is 9. The molecule has 2 nitrogen and oxygen atoms in total. The topological polar surface area (TPSA) is 26.3 Å². The van der Waals surface area contributed by atoms with E-state index in [9.17, 15) is 4.79 Å². The van der Waals surface area contributed by atoms with Gasteiger partial charge in [-0.15, -0.1) is 0 Å². The molecule has 0 bridgehead atoms. The van der Waals surface area contributed by atoms with E-state index >= 15 is 0 Å². The Morgan fingerprint density at radius 2 is 1.78 bits per heavy atom. The van der Waals surface area contributed by atoms with Crippen LogP contribution in [0.3, 0.4) is 0 Å². The Bertz CT molecular complexity index is 231. The molecule has 3 heteroatoms. The largest absolute Gasteiger partial charge is 0.414 e. The normalized spacial score (nSPS) is 14.6. The van der Waals surface area contributed by atoms with Gasteiger partial charge in [0.15, 0.2) is 8.32 Å². The monoisotopic (exact) mass is 272 g/mol. The molecule has 1 atom stereocenters.